The molecule has 25 heavy (non-hydrogen) atoms. The molecule has 0 unspecified atom stereocenters. The zero-order chi connectivity index (χ0) is 18.4. The zero-order valence-electron chi connectivity index (χ0n) is 13.7. The quantitative estimate of drug-likeness (QED) is 0.615. The maximum Gasteiger partial charge on any atom is 0.311 e. The summed E-state index contributed by atoms with van der Waals surface area (Å²) in [6, 6.07) is 10.8. The SMILES string of the molecule is CNC(=O)c1ccc(CNC(=O)c2ccc(OC)c([N+](=O)[O-])c2)cc1. The molecule has 8 heteroatoms. The first kappa shape index (κ1) is 17.9. The molecule has 0 fully saturated rings. The van der Waals surface area contributed by atoms with Gasteiger partial charge in [0.2, 0.25) is 0 Å². The van der Waals surface area contributed by atoms with Crippen molar-refractivity contribution in [3.8, 4) is 5.75 Å². The van der Waals surface area contributed by atoms with Gasteiger partial charge in [-0.05, 0) is 29.8 Å². The van der Waals surface area contributed by atoms with Gasteiger partial charge < -0.3 is 15.4 Å². The molecule has 0 saturated heterocycles. The van der Waals surface area contributed by atoms with Crippen molar-refractivity contribution in [2.75, 3.05) is 14.2 Å². The summed E-state index contributed by atoms with van der Waals surface area (Å²) >= 11 is 0. The van der Waals surface area contributed by atoms with Gasteiger partial charge in [-0.25, -0.2) is 0 Å². The lowest BCUT2D eigenvalue weighted by Crippen LogP contribution is -2.23. The van der Waals surface area contributed by atoms with E-state index in [1.54, 1.807) is 31.3 Å². The average molecular weight is 343 g/mol. The molecule has 0 atom stereocenters. The highest BCUT2D eigenvalue weighted by Gasteiger charge is 2.18. The zero-order valence-corrected chi connectivity index (χ0v) is 13.7. The van der Waals surface area contributed by atoms with Gasteiger partial charge in [0.1, 0.15) is 0 Å². The first-order valence-corrected chi connectivity index (χ1v) is 7.38. The number of hydrogen-bond donors (Lipinski definition) is 2. The highest BCUT2D eigenvalue weighted by molar-refractivity contribution is 5.95. The van der Waals surface area contributed by atoms with Gasteiger partial charge in [-0.3, -0.25) is 19.7 Å². The number of rotatable bonds is 6. The number of carbonyl (C=O) groups is 2. The van der Waals surface area contributed by atoms with E-state index in [-0.39, 0.29) is 29.5 Å². The highest BCUT2D eigenvalue weighted by Crippen LogP contribution is 2.27. The third kappa shape index (κ3) is 4.31. The predicted molar refractivity (Wildman–Crippen MR) is 90.7 cm³/mol. The molecule has 0 heterocycles. The number of ether oxygens (including phenoxy) is 1. The Bertz CT molecular complexity index is 802. The second-order valence-electron chi connectivity index (χ2n) is 5.10. The van der Waals surface area contributed by atoms with Crippen LogP contribution in [0.2, 0.25) is 0 Å². The number of carbonyl (C=O) groups excluding carboxylic acids is 2. The molecule has 2 amide bonds. The van der Waals surface area contributed by atoms with Gasteiger partial charge in [-0.15, -0.1) is 0 Å². The third-order valence-electron chi connectivity index (χ3n) is 3.53. The number of methoxy groups -OCH3 is 1. The number of nitrogens with zero attached hydrogens (tertiary/aromatic N) is 1. The fourth-order valence-corrected chi connectivity index (χ4v) is 2.18. The van der Waals surface area contributed by atoms with Crippen molar-refractivity contribution < 1.29 is 19.2 Å². The smallest absolute Gasteiger partial charge is 0.311 e. The lowest BCUT2D eigenvalue weighted by molar-refractivity contribution is -0.385. The Kier molecular flexibility index (Phi) is 5.67. The van der Waals surface area contributed by atoms with Crippen LogP contribution in [0.4, 0.5) is 5.69 Å². The number of nitro benzene ring substituents is 1. The predicted octanol–water partition coefficient (Wildman–Crippen LogP) is 1.89. The highest BCUT2D eigenvalue weighted by atomic mass is 16.6. The molecule has 0 bridgehead atoms. The van der Waals surface area contributed by atoms with Crippen LogP contribution in [0.3, 0.4) is 0 Å². The molecule has 2 aromatic carbocycles. The number of hydrogen-bond acceptors (Lipinski definition) is 5. The summed E-state index contributed by atoms with van der Waals surface area (Å²) in [4.78, 5) is 34.0. The van der Waals surface area contributed by atoms with Crippen LogP contribution < -0.4 is 15.4 Å². The van der Waals surface area contributed by atoms with Crippen LogP contribution >= 0.6 is 0 Å². The Hall–Kier alpha value is -3.42. The van der Waals surface area contributed by atoms with Gasteiger partial charge in [-0.2, -0.15) is 0 Å². The molecule has 0 aliphatic rings. The number of nitrogens with one attached hydrogen (secondary N) is 2. The van der Waals surface area contributed by atoms with Crippen LogP contribution in [0, 0.1) is 10.1 Å². The first-order chi connectivity index (χ1) is 12.0. The van der Waals surface area contributed by atoms with Gasteiger partial charge in [0.25, 0.3) is 11.8 Å². The maximum absolute atomic E-state index is 12.2. The lowest BCUT2D eigenvalue weighted by Gasteiger charge is -2.08. The van der Waals surface area contributed by atoms with Crippen molar-refractivity contribution in [2.24, 2.45) is 0 Å². The Labute approximate surface area is 144 Å². The van der Waals surface area contributed by atoms with E-state index in [0.29, 0.717) is 5.56 Å². The van der Waals surface area contributed by atoms with Crippen molar-refractivity contribution in [3.63, 3.8) is 0 Å². The fourth-order valence-electron chi connectivity index (χ4n) is 2.18. The van der Waals surface area contributed by atoms with Crippen molar-refractivity contribution in [1.82, 2.24) is 10.6 Å². The minimum absolute atomic E-state index is 0.0892. The summed E-state index contributed by atoms with van der Waals surface area (Å²) in [5.74, 6) is -0.548. The molecule has 0 aliphatic carbocycles. The molecule has 0 aromatic heterocycles. The average Bonchev–Trinajstić information content (AvgIpc) is 2.65. The summed E-state index contributed by atoms with van der Waals surface area (Å²) in [6.07, 6.45) is 0. The van der Waals surface area contributed by atoms with Crippen molar-refractivity contribution >= 4 is 17.5 Å². The van der Waals surface area contributed by atoms with E-state index in [4.69, 9.17) is 4.74 Å². The fraction of sp³-hybridized carbons (Fsp3) is 0.176. The summed E-state index contributed by atoms with van der Waals surface area (Å²) in [5.41, 5.74) is 1.20. The molecule has 0 radical (unpaired) electrons. The molecule has 0 aliphatic heterocycles. The topological polar surface area (TPSA) is 111 Å². The van der Waals surface area contributed by atoms with Gasteiger partial charge >= 0.3 is 5.69 Å². The van der Waals surface area contributed by atoms with Crippen LogP contribution in [0.5, 0.6) is 5.75 Å². The van der Waals surface area contributed by atoms with E-state index in [1.807, 2.05) is 0 Å². The summed E-state index contributed by atoms with van der Waals surface area (Å²) in [5, 5.41) is 16.2. The first-order valence-electron chi connectivity index (χ1n) is 7.38. The Morgan fingerprint density at radius 1 is 1.08 bits per heavy atom. The van der Waals surface area contributed by atoms with Crippen molar-refractivity contribution in [3.05, 3.63) is 69.3 Å². The van der Waals surface area contributed by atoms with Gasteiger partial charge in [0.15, 0.2) is 5.75 Å². The Morgan fingerprint density at radius 2 is 1.72 bits per heavy atom. The summed E-state index contributed by atoms with van der Waals surface area (Å²) < 4.78 is 4.90. The molecule has 0 saturated carbocycles. The standard InChI is InChI=1S/C17H17N3O5/c1-18-16(21)12-5-3-11(4-6-12)10-19-17(22)13-7-8-15(25-2)14(9-13)20(23)24/h3-9H,10H2,1-2H3,(H,18,21)(H,19,22). The second-order valence-corrected chi connectivity index (χ2v) is 5.10. The van der Waals surface area contributed by atoms with E-state index in [9.17, 15) is 19.7 Å². The largest absolute Gasteiger partial charge is 0.490 e. The molecular weight excluding hydrogens is 326 g/mol. The molecule has 0 spiro atoms. The Morgan fingerprint density at radius 3 is 2.28 bits per heavy atom. The van der Waals surface area contributed by atoms with Crippen molar-refractivity contribution in [1.29, 1.82) is 0 Å². The number of benzene rings is 2. The molecule has 2 rings (SSSR count). The van der Waals surface area contributed by atoms with Gasteiger partial charge in [0, 0.05) is 30.8 Å². The number of nitro groups is 1. The third-order valence-corrected chi connectivity index (χ3v) is 3.53. The van der Waals surface area contributed by atoms with E-state index in [2.05, 4.69) is 10.6 Å². The normalized spacial score (nSPS) is 10.0. The summed E-state index contributed by atoms with van der Waals surface area (Å²) in [6.45, 7) is 0.229. The Balaban J connectivity index is 2.06. The minimum Gasteiger partial charge on any atom is -0.490 e. The van der Waals surface area contributed by atoms with E-state index in [0.717, 1.165) is 5.56 Å². The van der Waals surface area contributed by atoms with E-state index >= 15 is 0 Å². The second kappa shape index (κ2) is 7.91. The van der Waals surface area contributed by atoms with E-state index in [1.165, 1.54) is 25.3 Å². The number of amides is 2. The minimum atomic E-state index is -0.604. The van der Waals surface area contributed by atoms with Gasteiger partial charge in [0.05, 0.1) is 12.0 Å². The molecule has 2 aromatic rings. The van der Waals surface area contributed by atoms with Crippen LogP contribution in [0.1, 0.15) is 26.3 Å². The maximum atomic E-state index is 12.2. The van der Waals surface area contributed by atoms with Crippen LogP contribution in [-0.2, 0) is 6.54 Å². The van der Waals surface area contributed by atoms with Crippen LogP contribution in [0.25, 0.3) is 0 Å². The summed E-state index contributed by atoms with van der Waals surface area (Å²) in [7, 11) is 2.87. The molecule has 8 nitrogen and oxygen atoms in total. The van der Waals surface area contributed by atoms with Crippen LogP contribution in [0.15, 0.2) is 42.5 Å². The van der Waals surface area contributed by atoms with Crippen LogP contribution in [-0.4, -0.2) is 30.9 Å². The van der Waals surface area contributed by atoms with Crippen molar-refractivity contribution in [2.45, 2.75) is 6.54 Å². The van der Waals surface area contributed by atoms with E-state index < -0.39 is 10.8 Å². The monoisotopic (exact) mass is 343 g/mol. The van der Waals surface area contributed by atoms with Gasteiger partial charge in [-0.1, -0.05) is 12.1 Å². The molecule has 130 valence electrons. The molecule has 2 N–H and O–H groups in total. The lowest BCUT2D eigenvalue weighted by atomic mass is 10.1. The molecular formula is C17H17N3O5.